The van der Waals surface area contributed by atoms with Crippen molar-refractivity contribution in [3.8, 4) is 0 Å². The molecule has 0 amide bonds. The van der Waals surface area contributed by atoms with E-state index in [-0.39, 0.29) is 0 Å². The molecule has 0 unspecified atom stereocenters. The van der Waals surface area contributed by atoms with E-state index < -0.39 is 13.4 Å². The first-order valence-corrected chi connectivity index (χ1v) is 10.3. The summed E-state index contributed by atoms with van der Waals surface area (Å²) in [5.74, 6) is 0. The van der Waals surface area contributed by atoms with Gasteiger partial charge in [-0.15, -0.1) is 0 Å². The quantitative estimate of drug-likeness (QED) is 0.460. The molecule has 0 aromatic heterocycles. The van der Waals surface area contributed by atoms with Crippen LogP contribution in [0.3, 0.4) is 0 Å². The highest BCUT2D eigenvalue weighted by Crippen LogP contribution is 2.57. The molecule has 0 aromatic rings. The molecule has 4 heteroatoms. The van der Waals surface area contributed by atoms with Crippen molar-refractivity contribution in [1.29, 1.82) is 0 Å². The van der Waals surface area contributed by atoms with Crippen LogP contribution in [0, 0.1) is 0 Å². The topological polar surface area (TPSA) is 46.5 Å². The normalized spacial score (nSPS) is 10.6. The number of hydrogen-bond acceptors (Lipinski definition) is 2. The van der Waals surface area contributed by atoms with Gasteiger partial charge in [0, 0.05) is 13.9 Å². The Morgan fingerprint density at radius 3 is 1.37 bits per heavy atom. The molecule has 0 fully saturated rings. The summed E-state index contributed by atoms with van der Waals surface area (Å²) in [6.45, 7) is 9.59. The average molecular weight is 293 g/mol. The van der Waals surface area contributed by atoms with E-state index in [4.69, 9.17) is 9.90 Å². The Kier molecular flexibility index (Phi) is 15.6. The van der Waals surface area contributed by atoms with Crippen LogP contribution in [-0.4, -0.2) is 43.5 Å². The predicted molar refractivity (Wildman–Crippen MR) is 87.2 cm³/mol. The largest absolute Gasteiger partial charge is 0.505 e. The van der Waals surface area contributed by atoms with Crippen molar-refractivity contribution in [2.75, 3.05) is 32.3 Å². The Labute approximate surface area is 120 Å². The highest BCUT2D eigenvalue weighted by Gasteiger charge is 2.28. The van der Waals surface area contributed by atoms with Crippen molar-refractivity contribution in [2.45, 2.75) is 59.3 Å². The number of unbranched alkanes of at least 4 members (excludes halogenated alkanes) is 3. The Hall–Kier alpha value is -0.300. The van der Waals surface area contributed by atoms with Gasteiger partial charge in [0.15, 0.2) is 0 Å². The molecular formula is C15H34O3P+. The van der Waals surface area contributed by atoms with Crippen molar-refractivity contribution in [3.63, 3.8) is 0 Å². The number of carboxylic acid groups (broad SMARTS) is 1. The lowest BCUT2D eigenvalue weighted by atomic mass is 10.4. The van der Waals surface area contributed by atoms with E-state index in [1.54, 1.807) is 18.5 Å². The number of methoxy groups -OCH3 is 1. The molecule has 0 aliphatic rings. The zero-order chi connectivity index (χ0) is 15.1. The van der Waals surface area contributed by atoms with Crippen molar-refractivity contribution in [3.05, 3.63) is 0 Å². The van der Waals surface area contributed by atoms with Crippen LogP contribution in [-0.2, 0) is 4.74 Å². The van der Waals surface area contributed by atoms with Gasteiger partial charge in [0.25, 0.3) is 0 Å². The molecule has 0 saturated heterocycles. The summed E-state index contributed by atoms with van der Waals surface area (Å²) in [6.07, 6.45) is 12.0. The number of rotatable bonds is 9. The van der Waals surface area contributed by atoms with Gasteiger partial charge in [-0.1, -0.05) is 40.0 Å². The molecule has 0 heterocycles. The molecule has 19 heavy (non-hydrogen) atoms. The smallest absolute Gasteiger partial charge is 0.450 e. The Bertz CT molecular complexity index is 186. The molecule has 0 aliphatic carbocycles. The van der Waals surface area contributed by atoms with E-state index in [9.17, 15) is 0 Å². The maximum atomic E-state index is 9.15. The first kappa shape index (κ1) is 21.0. The zero-order valence-corrected chi connectivity index (χ0v) is 14.5. The number of carbonyl (C=O) groups is 1. The summed E-state index contributed by atoms with van der Waals surface area (Å²) in [5.41, 5.74) is 0. The van der Waals surface area contributed by atoms with Crippen molar-refractivity contribution < 1.29 is 14.6 Å². The van der Waals surface area contributed by atoms with Gasteiger partial charge >= 0.3 is 6.16 Å². The highest BCUT2D eigenvalue weighted by atomic mass is 31.2. The molecule has 0 radical (unpaired) electrons. The van der Waals surface area contributed by atoms with Gasteiger partial charge in [-0.2, -0.15) is 0 Å². The summed E-state index contributed by atoms with van der Waals surface area (Å²) >= 11 is 0. The highest BCUT2D eigenvalue weighted by molar-refractivity contribution is 7.75. The van der Waals surface area contributed by atoms with E-state index in [2.05, 4.69) is 32.2 Å². The second kappa shape index (κ2) is 14.1. The fourth-order valence-electron chi connectivity index (χ4n) is 1.95. The van der Waals surface area contributed by atoms with Gasteiger partial charge in [-0.05, 0) is 19.3 Å². The molecule has 0 atom stereocenters. The predicted octanol–water partition coefficient (Wildman–Crippen LogP) is 5.34. The lowest BCUT2D eigenvalue weighted by Crippen LogP contribution is -2.07. The van der Waals surface area contributed by atoms with Gasteiger partial charge < -0.3 is 9.84 Å². The first-order valence-electron chi connectivity index (χ1n) is 7.56. The standard InChI is InChI=1S/C13H30P.C2H4O3/c1-5-8-11-14(4,12-9-6-2)13-10-7-3;1-5-2(3)4/h5-13H2,1-4H3;1H3,(H,3,4)/q+1;. The summed E-state index contributed by atoms with van der Waals surface area (Å²) in [6, 6.07) is 0. The summed E-state index contributed by atoms with van der Waals surface area (Å²) < 4.78 is 3.67. The van der Waals surface area contributed by atoms with Crippen LogP contribution >= 0.6 is 7.26 Å². The van der Waals surface area contributed by atoms with E-state index in [0.717, 1.165) is 7.11 Å². The van der Waals surface area contributed by atoms with Crippen molar-refractivity contribution in [2.24, 2.45) is 0 Å². The SMILES string of the molecule is CCCC[P+](C)(CCCC)CCCC.COC(=O)O. The maximum Gasteiger partial charge on any atom is 0.505 e. The van der Waals surface area contributed by atoms with Crippen LogP contribution in [0.4, 0.5) is 4.79 Å². The van der Waals surface area contributed by atoms with E-state index in [0.29, 0.717) is 0 Å². The minimum Gasteiger partial charge on any atom is -0.450 e. The zero-order valence-electron chi connectivity index (χ0n) is 13.6. The van der Waals surface area contributed by atoms with Gasteiger partial charge in [-0.25, -0.2) is 4.79 Å². The number of hydrogen-bond donors (Lipinski definition) is 1. The minimum atomic E-state index is -1.25. The molecule has 0 rings (SSSR count). The van der Waals surface area contributed by atoms with Gasteiger partial charge in [0.1, 0.15) is 0 Å². The van der Waals surface area contributed by atoms with Crippen LogP contribution in [0.25, 0.3) is 0 Å². The van der Waals surface area contributed by atoms with E-state index >= 15 is 0 Å². The molecule has 116 valence electrons. The number of ether oxygens (including phenoxy) is 1. The third-order valence-electron chi connectivity index (χ3n) is 3.33. The third kappa shape index (κ3) is 15.6. The fraction of sp³-hybridized carbons (Fsp3) is 0.933. The molecule has 0 aromatic carbocycles. The van der Waals surface area contributed by atoms with Crippen molar-refractivity contribution >= 4 is 13.4 Å². The average Bonchev–Trinajstić information content (AvgIpc) is 2.41. The second-order valence-corrected chi connectivity index (χ2v) is 9.90. The maximum absolute atomic E-state index is 9.15. The van der Waals surface area contributed by atoms with Gasteiger partial charge in [-0.3, -0.25) is 0 Å². The second-order valence-electron chi connectivity index (χ2n) is 5.32. The van der Waals surface area contributed by atoms with E-state index in [1.165, 1.54) is 38.5 Å². The van der Waals surface area contributed by atoms with Crippen LogP contribution in [0.5, 0.6) is 0 Å². The van der Waals surface area contributed by atoms with Gasteiger partial charge in [0.2, 0.25) is 0 Å². The molecular weight excluding hydrogens is 259 g/mol. The van der Waals surface area contributed by atoms with Gasteiger partial charge in [0.05, 0.1) is 25.6 Å². The Balaban J connectivity index is 0. The molecule has 0 bridgehead atoms. The molecule has 0 saturated carbocycles. The summed E-state index contributed by atoms with van der Waals surface area (Å²) in [4.78, 5) is 9.15. The van der Waals surface area contributed by atoms with Crippen LogP contribution in [0.1, 0.15) is 59.3 Å². The fourth-order valence-corrected chi connectivity index (χ4v) is 5.86. The summed E-state index contributed by atoms with van der Waals surface area (Å²) in [5, 5.41) is 7.50. The summed E-state index contributed by atoms with van der Waals surface area (Å²) in [7, 11) is 0.581. The van der Waals surface area contributed by atoms with Crippen LogP contribution in [0.2, 0.25) is 0 Å². The minimum absolute atomic E-state index is 0.519. The lowest BCUT2D eigenvalue weighted by molar-refractivity contribution is 0.114. The van der Waals surface area contributed by atoms with Crippen molar-refractivity contribution in [1.82, 2.24) is 0 Å². The Morgan fingerprint density at radius 1 is 0.947 bits per heavy atom. The van der Waals surface area contributed by atoms with E-state index in [1.807, 2.05) is 0 Å². The first-order chi connectivity index (χ1) is 8.95. The third-order valence-corrected chi connectivity index (χ3v) is 7.52. The molecule has 3 nitrogen and oxygen atoms in total. The van der Waals surface area contributed by atoms with Crippen LogP contribution in [0.15, 0.2) is 0 Å². The molecule has 0 aliphatic heterocycles. The molecule has 0 spiro atoms. The monoisotopic (exact) mass is 293 g/mol. The Morgan fingerprint density at radius 2 is 1.21 bits per heavy atom. The van der Waals surface area contributed by atoms with Crippen LogP contribution < -0.4 is 0 Å². The molecule has 1 N–H and O–H groups in total. The lowest BCUT2D eigenvalue weighted by Gasteiger charge is -2.22.